The Balaban J connectivity index is 2.45. The molecular weight excluding hydrogens is 279 g/mol. The summed E-state index contributed by atoms with van der Waals surface area (Å²) in [4.78, 5) is 0. The first kappa shape index (κ1) is 13.1. The molecule has 0 radical (unpaired) electrons. The first-order valence-electron chi connectivity index (χ1n) is 5.68. The lowest BCUT2D eigenvalue weighted by molar-refractivity contribution is 0.507. The Morgan fingerprint density at radius 1 is 1.12 bits per heavy atom. The van der Waals surface area contributed by atoms with Crippen molar-refractivity contribution in [2.45, 2.75) is 36.1 Å². The van der Waals surface area contributed by atoms with Crippen molar-refractivity contribution in [2.24, 2.45) is 0 Å². The minimum Gasteiger partial charge on any atom is -0.361 e. The van der Waals surface area contributed by atoms with Crippen LogP contribution in [-0.2, 0) is 3.79 Å². The van der Waals surface area contributed by atoms with E-state index in [9.17, 15) is 0 Å². The van der Waals surface area contributed by atoms with Gasteiger partial charge in [0.15, 0.2) is 0 Å². The summed E-state index contributed by atoms with van der Waals surface area (Å²) < 4.78 is -1.41. The van der Waals surface area contributed by atoms with Crippen molar-refractivity contribution < 1.29 is 0 Å². The minimum absolute atomic E-state index is 0.131. The van der Waals surface area contributed by atoms with Crippen molar-refractivity contribution in [2.75, 3.05) is 10.6 Å². The van der Waals surface area contributed by atoms with E-state index in [1.54, 1.807) is 0 Å². The number of alkyl halides is 3. The first-order valence-corrected chi connectivity index (χ1v) is 6.82. The van der Waals surface area contributed by atoms with Crippen LogP contribution in [0.1, 0.15) is 32.3 Å². The van der Waals surface area contributed by atoms with Gasteiger partial charge in [-0.2, -0.15) is 0 Å². The summed E-state index contributed by atoms with van der Waals surface area (Å²) in [6.45, 7) is 4.26. The molecule has 0 saturated carbocycles. The number of rotatable bonds is 2. The molecule has 1 aliphatic heterocycles. The fraction of sp³-hybridized carbons (Fsp3) is 0.500. The third-order valence-corrected chi connectivity index (χ3v) is 3.93. The number of anilines is 2. The van der Waals surface area contributed by atoms with Crippen molar-refractivity contribution in [3.05, 3.63) is 23.8 Å². The van der Waals surface area contributed by atoms with Gasteiger partial charge in [0.25, 0.3) is 0 Å². The maximum absolute atomic E-state index is 5.98. The van der Waals surface area contributed by atoms with Crippen LogP contribution in [0.5, 0.6) is 0 Å². The molecule has 1 aromatic carbocycles. The van der Waals surface area contributed by atoms with E-state index < -0.39 is 3.79 Å². The van der Waals surface area contributed by atoms with Crippen molar-refractivity contribution >= 4 is 46.2 Å². The highest BCUT2D eigenvalue weighted by molar-refractivity contribution is 6.67. The Hall–Kier alpha value is -0.310. The van der Waals surface area contributed by atoms with Crippen molar-refractivity contribution in [1.82, 2.24) is 0 Å². The molecule has 0 unspecified atom stereocenters. The predicted molar refractivity (Wildman–Crippen MR) is 76.2 cm³/mol. The van der Waals surface area contributed by atoms with Crippen LogP contribution >= 0.6 is 34.8 Å². The molecule has 94 valence electrons. The zero-order chi connectivity index (χ0) is 12.7. The zero-order valence-corrected chi connectivity index (χ0v) is 12.0. The van der Waals surface area contributed by atoms with Crippen LogP contribution in [0, 0.1) is 0 Å². The summed E-state index contributed by atoms with van der Waals surface area (Å²) in [5, 5.41) is 6.93. The molecule has 0 aliphatic carbocycles. The molecule has 0 atom stereocenters. The average Bonchev–Trinajstić information content (AvgIpc) is 2.66. The SMILES string of the molecule is CCC1(CC)Nc2cccc(C(Cl)(Cl)Cl)c2N1. The van der Waals surface area contributed by atoms with Crippen LogP contribution in [0.4, 0.5) is 11.4 Å². The Morgan fingerprint density at radius 3 is 2.29 bits per heavy atom. The van der Waals surface area contributed by atoms with Crippen LogP contribution in [-0.4, -0.2) is 5.66 Å². The second-order valence-electron chi connectivity index (χ2n) is 4.27. The number of fused-ring (bicyclic) bond motifs is 1. The van der Waals surface area contributed by atoms with Crippen molar-refractivity contribution in [1.29, 1.82) is 0 Å². The van der Waals surface area contributed by atoms with Gasteiger partial charge in [0.1, 0.15) is 5.66 Å². The standard InChI is InChI=1S/C12H15Cl3N2/c1-3-11(4-2)16-9-7-5-6-8(10(9)17-11)12(13,14)15/h5-7,16-17H,3-4H2,1-2H3. The van der Waals surface area contributed by atoms with Gasteiger partial charge in [-0.15, -0.1) is 0 Å². The largest absolute Gasteiger partial charge is 0.361 e. The van der Waals surface area contributed by atoms with E-state index in [-0.39, 0.29) is 5.66 Å². The molecule has 0 fully saturated rings. The number of hydrogen-bond donors (Lipinski definition) is 2. The molecular formula is C12H15Cl3N2. The molecule has 0 amide bonds. The molecule has 0 spiro atoms. The van der Waals surface area contributed by atoms with Gasteiger partial charge in [0.05, 0.1) is 11.4 Å². The van der Waals surface area contributed by atoms with Crippen LogP contribution in [0.25, 0.3) is 0 Å². The van der Waals surface area contributed by atoms with E-state index in [1.165, 1.54) is 0 Å². The highest BCUT2D eigenvalue weighted by Crippen LogP contribution is 2.48. The van der Waals surface area contributed by atoms with Crippen LogP contribution in [0.2, 0.25) is 0 Å². The van der Waals surface area contributed by atoms with Gasteiger partial charge in [-0.1, -0.05) is 60.8 Å². The van der Waals surface area contributed by atoms with Crippen LogP contribution in [0.15, 0.2) is 18.2 Å². The molecule has 5 heteroatoms. The summed E-state index contributed by atoms with van der Waals surface area (Å²) in [7, 11) is 0. The van der Waals surface area contributed by atoms with E-state index in [4.69, 9.17) is 34.8 Å². The molecule has 0 aromatic heterocycles. The van der Waals surface area contributed by atoms with E-state index in [0.717, 1.165) is 24.2 Å². The summed E-state index contributed by atoms with van der Waals surface area (Å²) >= 11 is 18.0. The van der Waals surface area contributed by atoms with Crippen molar-refractivity contribution in [3.63, 3.8) is 0 Å². The highest BCUT2D eigenvalue weighted by atomic mass is 35.6. The molecule has 1 aliphatic rings. The summed E-state index contributed by atoms with van der Waals surface area (Å²) in [5.41, 5.74) is 2.46. The normalized spacial score (nSPS) is 17.2. The lowest BCUT2D eigenvalue weighted by Crippen LogP contribution is -2.40. The molecule has 1 aromatic rings. The average molecular weight is 294 g/mol. The number of para-hydroxylation sites is 1. The lowest BCUT2D eigenvalue weighted by Gasteiger charge is -2.28. The summed E-state index contributed by atoms with van der Waals surface area (Å²) in [6.07, 6.45) is 1.91. The molecule has 0 bridgehead atoms. The third kappa shape index (κ3) is 2.31. The van der Waals surface area contributed by atoms with Gasteiger partial charge in [0, 0.05) is 5.56 Å². The topological polar surface area (TPSA) is 24.1 Å². The van der Waals surface area contributed by atoms with E-state index in [1.807, 2.05) is 18.2 Å². The van der Waals surface area contributed by atoms with Crippen LogP contribution < -0.4 is 10.6 Å². The summed E-state index contributed by atoms with van der Waals surface area (Å²) in [6, 6.07) is 5.73. The minimum atomic E-state index is -1.41. The van der Waals surface area contributed by atoms with Crippen molar-refractivity contribution in [3.8, 4) is 0 Å². The van der Waals surface area contributed by atoms with Gasteiger partial charge >= 0.3 is 0 Å². The molecule has 1 heterocycles. The predicted octanol–water partition coefficient (Wildman–Crippen LogP) is 4.87. The molecule has 2 rings (SSSR count). The quantitative estimate of drug-likeness (QED) is 0.760. The van der Waals surface area contributed by atoms with Gasteiger partial charge in [0.2, 0.25) is 3.79 Å². The first-order chi connectivity index (χ1) is 7.92. The molecule has 17 heavy (non-hydrogen) atoms. The second-order valence-corrected chi connectivity index (χ2v) is 6.55. The maximum Gasteiger partial charge on any atom is 0.218 e. The highest BCUT2D eigenvalue weighted by Gasteiger charge is 2.37. The summed E-state index contributed by atoms with van der Waals surface area (Å²) in [5.74, 6) is 0. The fourth-order valence-corrected chi connectivity index (χ4v) is 2.63. The Bertz CT molecular complexity index is 422. The monoisotopic (exact) mass is 292 g/mol. The Morgan fingerprint density at radius 2 is 1.76 bits per heavy atom. The van der Waals surface area contributed by atoms with Gasteiger partial charge in [-0.05, 0) is 18.9 Å². The second kappa shape index (κ2) is 4.42. The van der Waals surface area contributed by atoms with Crippen LogP contribution in [0.3, 0.4) is 0 Å². The maximum atomic E-state index is 5.98. The Kier molecular flexibility index (Phi) is 3.41. The number of hydrogen-bond acceptors (Lipinski definition) is 2. The van der Waals surface area contributed by atoms with E-state index >= 15 is 0 Å². The smallest absolute Gasteiger partial charge is 0.218 e. The number of nitrogens with one attached hydrogen (secondary N) is 2. The van der Waals surface area contributed by atoms with Gasteiger partial charge in [-0.25, -0.2) is 0 Å². The van der Waals surface area contributed by atoms with E-state index in [2.05, 4.69) is 24.5 Å². The molecule has 0 saturated heterocycles. The lowest BCUT2D eigenvalue weighted by atomic mass is 10.1. The van der Waals surface area contributed by atoms with Gasteiger partial charge in [-0.3, -0.25) is 0 Å². The van der Waals surface area contributed by atoms with Gasteiger partial charge < -0.3 is 10.6 Å². The number of halogens is 3. The third-order valence-electron chi connectivity index (χ3n) is 3.32. The Labute approximate surface area is 117 Å². The zero-order valence-electron chi connectivity index (χ0n) is 9.78. The van der Waals surface area contributed by atoms with E-state index in [0.29, 0.717) is 5.56 Å². The molecule has 2 nitrogen and oxygen atoms in total. The molecule has 2 N–H and O–H groups in total. The number of benzene rings is 1. The fourth-order valence-electron chi connectivity index (χ4n) is 2.16.